The summed E-state index contributed by atoms with van der Waals surface area (Å²) in [6.45, 7) is 5.41. The van der Waals surface area contributed by atoms with E-state index in [2.05, 4.69) is 17.1 Å². The largest absolute Gasteiger partial charge is 0.341 e. The monoisotopic (exact) mass is 292 g/mol. The van der Waals surface area contributed by atoms with Gasteiger partial charge in [-0.05, 0) is 50.5 Å². The smallest absolute Gasteiger partial charge is 0.225 e. The Hall–Kier alpha value is -0.570. The predicted octanol–water partition coefficient (Wildman–Crippen LogP) is 3.19. The maximum absolute atomic E-state index is 12.7. The van der Waals surface area contributed by atoms with Gasteiger partial charge in [0.15, 0.2) is 0 Å². The molecule has 3 heteroatoms. The van der Waals surface area contributed by atoms with Crippen LogP contribution in [-0.2, 0) is 4.79 Å². The number of nitrogens with one attached hydrogen (secondary N) is 1. The lowest BCUT2D eigenvalue weighted by Crippen LogP contribution is -2.53. The standard InChI is InChI=1S/C18H32N2O/c1-14-10-17(19-11-15-6-5-7-15)13-20(12-14)18(21)16-8-3-2-4-9-16/h14-17,19H,2-13H2,1H3. The zero-order chi connectivity index (χ0) is 14.7. The first-order chi connectivity index (χ1) is 10.2. The molecule has 3 rings (SSSR count). The van der Waals surface area contributed by atoms with E-state index in [1.165, 1.54) is 51.5 Å². The van der Waals surface area contributed by atoms with Crippen molar-refractivity contribution >= 4 is 5.91 Å². The molecule has 2 aliphatic carbocycles. The number of rotatable bonds is 4. The Morgan fingerprint density at radius 2 is 1.81 bits per heavy atom. The van der Waals surface area contributed by atoms with Gasteiger partial charge in [-0.15, -0.1) is 0 Å². The molecule has 3 fully saturated rings. The highest BCUT2D eigenvalue weighted by Gasteiger charge is 2.32. The van der Waals surface area contributed by atoms with Crippen LogP contribution in [0.15, 0.2) is 0 Å². The zero-order valence-corrected chi connectivity index (χ0v) is 13.7. The van der Waals surface area contributed by atoms with Crippen molar-refractivity contribution in [1.82, 2.24) is 10.2 Å². The van der Waals surface area contributed by atoms with Gasteiger partial charge in [0, 0.05) is 25.0 Å². The number of nitrogens with zero attached hydrogens (tertiary/aromatic N) is 1. The van der Waals surface area contributed by atoms with Crippen LogP contribution < -0.4 is 5.32 Å². The fourth-order valence-electron chi connectivity index (χ4n) is 4.32. The van der Waals surface area contributed by atoms with Crippen molar-refractivity contribution < 1.29 is 4.79 Å². The van der Waals surface area contributed by atoms with Crippen LogP contribution in [0.3, 0.4) is 0 Å². The molecule has 3 nitrogen and oxygen atoms in total. The molecule has 2 saturated carbocycles. The van der Waals surface area contributed by atoms with Gasteiger partial charge >= 0.3 is 0 Å². The van der Waals surface area contributed by atoms with E-state index >= 15 is 0 Å². The molecule has 1 N–H and O–H groups in total. The molecular formula is C18H32N2O. The van der Waals surface area contributed by atoms with E-state index in [9.17, 15) is 4.79 Å². The topological polar surface area (TPSA) is 32.3 Å². The van der Waals surface area contributed by atoms with Crippen LogP contribution in [0.1, 0.15) is 64.7 Å². The molecule has 120 valence electrons. The molecule has 1 aliphatic heterocycles. The van der Waals surface area contributed by atoms with E-state index in [4.69, 9.17) is 0 Å². The Bertz CT molecular complexity index is 347. The zero-order valence-electron chi connectivity index (χ0n) is 13.7. The summed E-state index contributed by atoms with van der Waals surface area (Å²) in [5.74, 6) is 2.34. The second-order valence-electron chi connectivity index (χ2n) is 7.82. The molecule has 0 spiro atoms. The quantitative estimate of drug-likeness (QED) is 0.863. The molecule has 0 aromatic heterocycles. The predicted molar refractivity (Wildman–Crippen MR) is 86.1 cm³/mol. The normalized spacial score (nSPS) is 32.0. The van der Waals surface area contributed by atoms with Gasteiger partial charge in [0.05, 0.1) is 0 Å². The number of hydrogen-bond acceptors (Lipinski definition) is 2. The van der Waals surface area contributed by atoms with Gasteiger partial charge in [-0.25, -0.2) is 0 Å². The summed E-state index contributed by atoms with van der Waals surface area (Å²) in [7, 11) is 0. The maximum Gasteiger partial charge on any atom is 0.225 e. The Labute approximate surface area is 129 Å². The van der Waals surface area contributed by atoms with Crippen molar-refractivity contribution in [2.45, 2.75) is 70.8 Å². The highest BCUT2D eigenvalue weighted by atomic mass is 16.2. The summed E-state index contributed by atoms with van der Waals surface area (Å²) in [6, 6.07) is 0.530. The summed E-state index contributed by atoms with van der Waals surface area (Å²) in [5, 5.41) is 3.75. The number of likely N-dealkylation sites (tertiary alicyclic amines) is 1. The van der Waals surface area contributed by atoms with Gasteiger partial charge in [-0.3, -0.25) is 4.79 Å². The summed E-state index contributed by atoms with van der Waals surface area (Å²) < 4.78 is 0. The van der Waals surface area contributed by atoms with Crippen LogP contribution >= 0.6 is 0 Å². The first kappa shape index (κ1) is 15.3. The van der Waals surface area contributed by atoms with Crippen molar-refractivity contribution in [2.24, 2.45) is 17.8 Å². The number of piperidine rings is 1. The first-order valence-electron chi connectivity index (χ1n) is 9.24. The Balaban J connectivity index is 1.50. The molecule has 0 aromatic rings. The third kappa shape index (κ3) is 4.00. The molecule has 0 bridgehead atoms. The van der Waals surface area contributed by atoms with E-state index in [0.717, 1.165) is 31.8 Å². The van der Waals surface area contributed by atoms with Crippen LogP contribution in [0.5, 0.6) is 0 Å². The molecule has 1 heterocycles. The third-order valence-electron chi connectivity index (χ3n) is 5.85. The minimum atomic E-state index is 0.330. The lowest BCUT2D eigenvalue weighted by molar-refractivity contribution is -0.138. The van der Waals surface area contributed by atoms with Crippen molar-refractivity contribution in [2.75, 3.05) is 19.6 Å². The molecule has 1 saturated heterocycles. The van der Waals surface area contributed by atoms with Crippen LogP contribution in [-0.4, -0.2) is 36.5 Å². The van der Waals surface area contributed by atoms with Gasteiger partial charge in [0.25, 0.3) is 0 Å². The molecular weight excluding hydrogens is 260 g/mol. The molecule has 3 aliphatic rings. The molecule has 2 atom stereocenters. The second kappa shape index (κ2) is 7.13. The second-order valence-corrected chi connectivity index (χ2v) is 7.82. The minimum absolute atomic E-state index is 0.330. The van der Waals surface area contributed by atoms with E-state index in [0.29, 0.717) is 23.8 Å². The number of amides is 1. The van der Waals surface area contributed by atoms with Crippen molar-refractivity contribution in [3.05, 3.63) is 0 Å². The van der Waals surface area contributed by atoms with Crippen molar-refractivity contribution in [3.8, 4) is 0 Å². The lowest BCUT2D eigenvalue weighted by Gasteiger charge is -2.40. The molecule has 0 aromatic carbocycles. The molecule has 21 heavy (non-hydrogen) atoms. The number of carbonyl (C=O) groups is 1. The first-order valence-corrected chi connectivity index (χ1v) is 9.24. The molecule has 0 radical (unpaired) electrons. The van der Waals surface area contributed by atoms with E-state index in [1.807, 2.05) is 0 Å². The van der Waals surface area contributed by atoms with Crippen molar-refractivity contribution in [1.29, 1.82) is 0 Å². The third-order valence-corrected chi connectivity index (χ3v) is 5.85. The molecule has 1 amide bonds. The van der Waals surface area contributed by atoms with E-state index < -0.39 is 0 Å². The number of hydrogen-bond donors (Lipinski definition) is 1. The van der Waals surface area contributed by atoms with Gasteiger partial charge in [0.2, 0.25) is 5.91 Å². The lowest BCUT2D eigenvalue weighted by atomic mass is 9.84. The summed E-state index contributed by atoms with van der Waals surface area (Å²) in [5.41, 5.74) is 0. The summed E-state index contributed by atoms with van der Waals surface area (Å²) in [4.78, 5) is 14.9. The Morgan fingerprint density at radius 1 is 1.05 bits per heavy atom. The Kier molecular flexibility index (Phi) is 5.20. The highest BCUT2D eigenvalue weighted by Crippen LogP contribution is 2.28. The van der Waals surface area contributed by atoms with Crippen molar-refractivity contribution in [3.63, 3.8) is 0 Å². The maximum atomic E-state index is 12.7. The fourth-order valence-corrected chi connectivity index (χ4v) is 4.32. The van der Waals surface area contributed by atoms with Gasteiger partial charge in [-0.1, -0.05) is 32.6 Å². The fraction of sp³-hybridized carbons (Fsp3) is 0.944. The van der Waals surface area contributed by atoms with Crippen LogP contribution in [0.4, 0.5) is 0 Å². The minimum Gasteiger partial charge on any atom is -0.341 e. The van der Waals surface area contributed by atoms with E-state index in [-0.39, 0.29) is 0 Å². The van der Waals surface area contributed by atoms with Gasteiger partial charge in [0.1, 0.15) is 0 Å². The SMILES string of the molecule is CC1CC(NCC2CCC2)CN(C(=O)C2CCCCC2)C1. The average Bonchev–Trinajstić information content (AvgIpc) is 2.45. The van der Waals surface area contributed by atoms with Crippen LogP contribution in [0, 0.1) is 17.8 Å². The Morgan fingerprint density at radius 3 is 2.48 bits per heavy atom. The van der Waals surface area contributed by atoms with Gasteiger partial charge in [-0.2, -0.15) is 0 Å². The summed E-state index contributed by atoms with van der Waals surface area (Å²) in [6.07, 6.45) is 11.5. The van der Waals surface area contributed by atoms with Crippen LogP contribution in [0.2, 0.25) is 0 Å². The summed E-state index contributed by atoms with van der Waals surface area (Å²) >= 11 is 0. The highest BCUT2D eigenvalue weighted by molar-refractivity contribution is 5.79. The van der Waals surface area contributed by atoms with E-state index in [1.54, 1.807) is 0 Å². The number of carbonyl (C=O) groups excluding carboxylic acids is 1. The van der Waals surface area contributed by atoms with Crippen LogP contribution in [0.25, 0.3) is 0 Å². The molecule has 2 unspecified atom stereocenters. The average molecular weight is 292 g/mol. The van der Waals surface area contributed by atoms with Gasteiger partial charge < -0.3 is 10.2 Å².